The van der Waals surface area contributed by atoms with Gasteiger partial charge in [0.1, 0.15) is 5.75 Å². The fourth-order valence-electron chi connectivity index (χ4n) is 5.03. The van der Waals surface area contributed by atoms with Crippen LogP contribution in [0.3, 0.4) is 0 Å². The molecule has 0 aromatic heterocycles. The van der Waals surface area contributed by atoms with E-state index in [-0.39, 0.29) is 6.42 Å². The quantitative estimate of drug-likeness (QED) is 0.0985. The summed E-state index contributed by atoms with van der Waals surface area (Å²) in [5.41, 5.74) is 3.89. The van der Waals surface area contributed by atoms with Gasteiger partial charge >= 0.3 is 5.97 Å². The Morgan fingerprint density at radius 2 is 1.15 bits per heavy atom. The van der Waals surface area contributed by atoms with E-state index in [4.69, 9.17) is 4.74 Å². The summed E-state index contributed by atoms with van der Waals surface area (Å²) in [6, 6.07) is 24.6. The summed E-state index contributed by atoms with van der Waals surface area (Å²) >= 11 is 0. The number of aryl methyl sites for hydroxylation is 1. The minimum absolute atomic E-state index is 0.196. The molecule has 0 bridgehead atoms. The van der Waals surface area contributed by atoms with Crippen molar-refractivity contribution in [1.82, 2.24) is 0 Å². The van der Waals surface area contributed by atoms with Gasteiger partial charge in [-0.15, -0.1) is 0 Å². The molecular formula is C36H47FO2. The van der Waals surface area contributed by atoms with Crippen molar-refractivity contribution < 1.29 is 13.9 Å². The van der Waals surface area contributed by atoms with Gasteiger partial charge in [-0.05, 0) is 72.6 Å². The largest absolute Gasteiger partial charge is 0.424 e. The number of ether oxygens (including phenoxy) is 1. The van der Waals surface area contributed by atoms with Crippen LogP contribution in [-0.2, 0) is 11.2 Å². The van der Waals surface area contributed by atoms with Crippen molar-refractivity contribution in [2.24, 2.45) is 0 Å². The Hall–Kier alpha value is -2.94. The molecule has 0 radical (unpaired) electrons. The standard InChI is InChI=1S/C36H47FO2/c1-4-6-8-10-12-16-28-36(3,37)35(38)39-32-26-24-31(25-27-32)34-19-15-14-18-33(34)30-22-20-29(21-23-30)17-13-11-9-7-5-2/h14-15,18-27H,4-13,16-17,28H2,1-3H3. The van der Waals surface area contributed by atoms with Gasteiger partial charge in [0.15, 0.2) is 0 Å². The molecule has 3 aromatic rings. The van der Waals surface area contributed by atoms with Gasteiger partial charge in [-0.1, -0.05) is 132 Å². The van der Waals surface area contributed by atoms with Gasteiger partial charge in [0.2, 0.25) is 5.67 Å². The van der Waals surface area contributed by atoms with Crippen LogP contribution < -0.4 is 4.74 Å². The number of hydrogen-bond donors (Lipinski definition) is 0. The number of carbonyl (C=O) groups is 1. The van der Waals surface area contributed by atoms with E-state index in [9.17, 15) is 4.79 Å². The van der Waals surface area contributed by atoms with Crippen molar-refractivity contribution in [3.8, 4) is 28.0 Å². The van der Waals surface area contributed by atoms with Gasteiger partial charge in [-0.2, -0.15) is 0 Å². The number of hydrogen-bond acceptors (Lipinski definition) is 2. The Morgan fingerprint density at radius 1 is 0.667 bits per heavy atom. The molecule has 3 heteroatoms. The predicted octanol–water partition coefficient (Wildman–Crippen LogP) is 10.9. The number of rotatable bonds is 17. The summed E-state index contributed by atoms with van der Waals surface area (Å²) in [5, 5.41) is 0. The van der Waals surface area contributed by atoms with E-state index in [0.717, 1.165) is 36.0 Å². The second kappa shape index (κ2) is 16.2. The Morgan fingerprint density at radius 3 is 1.72 bits per heavy atom. The molecule has 0 fully saturated rings. The lowest BCUT2D eigenvalue weighted by Crippen LogP contribution is -2.34. The molecule has 0 heterocycles. The number of alkyl halides is 1. The summed E-state index contributed by atoms with van der Waals surface area (Å²) in [4.78, 5) is 12.5. The molecule has 0 amide bonds. The molecule has 3 aromatic carbocycles. The number of carbonyl (C=O) groups excluding carboxylic acids is 1. The molecule has 2 nitrogen and oxygen atoms in total. The molecule has 0 aliphatic carbocycles. The molecule has 0 saturated carbocycles. The van der Waals surface area contributed by atoms with E-state index in [2.05, 4.69) is 56.3 Å². The number of halogens is 1. The average molecular weight is 531 g/mol. The maximum atomic E-state index is 15.0. The fourth-order valence-corrected chi connectivity index (χ4v) is 5.03. The van der Waals surface area contributed by atoms with E-state index in [1.165, 1.54) is 69.4 Å². The Balaban J connectivity index is 1.60. The molecule has 0 aliphatic heterocycles. The zero-order chi connectivity index (χ0) is 27.9. The van der Waals surface area contributed by atoms with E-state index in [1.54, 1.807) is 12.1 Å². The van der Waals surface area contributed by atoms with Gasteiger partial charge in [0.05, 0.1) is 0 Å². The second-order valence-corrected chi connectivity index (χ2v) is 11.0. The van der Waals surface area contributed by atoms with Crippen LogP contribution in [0.5, 0.6) is 5.75 Å². The van der Waals surface area contributed by atoms with Crippen LogP contribution in [0, 0.1) is 0 Å². The summed E-state index contributed by atoms with van der Waals surface area (Å²) in [6.45, 7) is 5.76. The number of benzene rings is 3. The molecule has 0 saturated heterocycles. The van der Waals surface area contributed by atoms with Crippen molar-refractivity contribution in [2.45, 2.75) is 110 Å². The van der Waals surface area contributed by atoms with E-state index in [0.29, 0.717) is 12.2 Å². The summed E-state index contributed by atoms with van der Waals surface area (Å²) in [6.07, 6.45) is 14.1. The molecular weight excluding hydrogens is 483 g/mol. The average Bonchev–Trinajstić information content (AvgIpc) is 2.95. The lowest BCUT2D eigenvalue weighted by molar-refractivity contribution is -0.147. The Kier molecular flexibility index (Phi) is 12.7. The normalized spacial score (nSPS) is 12.7. The summed E-state index contributed by atoms with van der Waals surface area (Å²) < 4.78 is 20.4. The molecule has 1 unspecified atom stereocenters. The van der Waals surface area contributed by atoms with Crippen molar-refractivity contribution in [2.75, 3.05) is 0 Å². The molecule has 1 atom stereocenters. The Labute approximate surface area is 236 Å². The van der Waals surface area contributed by atoms with Crippen molar-refractivity contribution in [3.63, 3.8) is 0 Å². The first kappa shape index (κ1) is 30.6. The number of esters is 1. The molecule has 39 heavy (non-hydrogen) atoms. The number of unbranched alkanes of at least 4 members (excludes halogenated alkanes) is 9. The van der Waals surface area contributed by atoms with Crippen molar-refractivity contribution in [1.29, 1.82) is 0 Å². The summed E-state index contributed by atoms with van der Waals surface area (Å²) in [7, 11) is 0. The molecule has 0 spiro atoms. The van der Waals surface area contributed by atoms with Crippen molar-refractivity contribution in [3.05, 3.63) is 78.4 Å². The highest BCUT2D eigenvalue weighted by Gasteiger charge is 2.34. The summed E-state index contributed by atoms with van der Waals surface area (Å²) in [5.74, 6) is -0.439. The zero-order valence-electron chi connectivity index (χ0n) is 24.3. The van der Waals surface area contributed by atoms with Crippen LogP contribution in [0.4, 0.5) is 4.39 Å². The molecule has 0 N–H and O–H groups in total. The van der Waals surface area contributed by atoms with E-state index in [1.807, 2.05) is 18.2 Å². The molecule has 0 aliphatic rings. The molecule has 210 valence electrons. The van der Waals surface area contributed by atoms with Crippen molar-refractivity contribution >= 4 is 5.97 Å². The highest BCUT2D eigenvalue weighted by Crippen LogP contribution is 2.33. The second-order valence-electron chi connectivity index (χ2n) is 11.0. The van der Waals surface area contributed by atoms with Crippen LogP contribution >= 0.6 is 0 Å². The van der Waals surface area contributed by atoms with E-state index >= 15 is 4.39 Å². The van der Waals surface area contributed by atoms with Gasteiger partial charge in [-0.25, -0.2) is 9.18 Å². The third-order valence-electron chi connectivity index (χ3n) is 7.56. The monoisotopic (exact) mass is 530 g/mol. The lowest BCUT2D eigenvalue weighted by Gasteiger charge is -2.18. The van der Waals surface area contributed by atoms with Gasteiger partial charge < -0.3 is 4.74 Å². The lowest BCUT2D eigenvalue weighted by atomic mass is 9.93. The first-order valence-corrected chi connectivity index (χ1v) is 15.1. The van der Waals surface area contributed by atoms with Crippen LogP contribution in [-0.4, -0.2) is 11.6 Å². The van der Waals surface area contributed by atoms with Crippen LogP contribution in [0.15, 0.2) is 72.8 Å². The first-order valence-electron chi connectivity index (χ1n) is 15.1. The van der Waals surface area contributed by atoms with Crippen LogP contribution in [0.25, 0.3) is 22.3 Å². The van der Waals surface area contributed by atoms with Gasteiger partial charge in [0, 0.05) is 0 Å². The topological polar surface area (TPSA) is 26.3 Å². The third-order valence-corrected chi connectivity index (χ3v) is 7.56. The van der Waals surface area contributed by atoms with Crippen LogP contribution in [0.1, 0.15) is 103 Å². The Bertz CT molecular complexity index is 1120. The SMILES string of the molecule is CCCCCCCCC(C)(F)C(=O)Oc1ccc(-c2ccccc2-c2ccc(CCCCCCC)cc2)cc1. The van der Waals surface area contributed by atoms with Gasteiger partial charge in [-0.3, -0.25) is 0 Å². The van der Waals surface area contributed by atoms with Crippen LogP contribution in [0.2, 0.25) is 0 Å². The maximum Gasteiger partial charge on any atom is 0.348 e. The third kappa shape index (κ3) is 9.95. The van der Waals surface area contributed by atoms with E-state index < -0.39 is 11.6 Å². The minimum Gasteiger partial charge on any atom is -0.424 e. The predicted molar refractivity (Wildman–Crippen MR) is 163 cm³/mol. The highest BCUT2D eigenvalue weighted by atomic mass is 19.1. The fraction of sp³-hybridized carbons (Fsp3) is 0.472. The zero-order valence-corrected chi connectivity index (χ0v) is 24.3. The first-order chi connectivity index (χ1) is 18.9. The minimum atomic E-state index is -1.97. The maximum absolute atomic E-state index is 15.0. The highest BCUT2D eigenvalue weighted by molar-refractivity contribution is 5.84. The smallest absolute Gasteiger partial charge is 0.348 e. The van der Waals surface area contributed by atoms with Gasteiger partial charge in [0.25, 0.3) is 0 Å². The molecule has 3 rings (SSSR count).